The van der Waals surface area contributed by atoms with Crippen molar-refractivity contribution in [2.75, 3.05) is 5.32 Å². The van der Waals surface area contributed by atoms with Gasteiger partial charge in [-0.2, -0.15) is 0 Å². The molecule has 0 saturated carbocycles. The van der Waals surface area contributed by atoms with E-state index in [1.54, 1.807) is 11.8 Å². The van der Waals surface area contributed by atoms with Crippen molar-refractivity contribution in [3.8, 4) is 0 Å². The van der Waals surface area contributed by atoms with Crippen LogP contribution in [0.1, 0.15) is 42.3 Å². The lowest BCUT2D eigenvalue weighted by molar-refractivity contribution is -0.384. The third-order valence-electron chi connectivity index (χ3n) is 4.13. The van der Waals surface area contributed by atoms with Crippen molar-refractivity contribution < 1.29 is 9.72 Å². The van der Waals surface area contributed by atoms with Gasteiger partial charge in [0.15, 0.2) is 4.34 Å². The molecule has 0 saturated heterocycles. The van der Waals surface area contributed by atoms with E-state index >= 15 is 0 Å². The number of nitro groups is 1. The molecular weight excluding hydrogens is 408 g/mol. The summed E-state index contributed by atoms with van der Waals surface area (Å²) < 4.78 is 0.735. The van der Waals surface area contributed by atoms with Crippen LogP contribution in [-0.4, -0.2) is 21.0 Å². The highest BCUT2D eigenvalue weighted by molar-refractivity contribution is 8.00. The van der Waals surface area contributed by atoms with Crippen LogP contribution in [-0.2, 0) is 11.2 Å². The van der Waals surface area contributed by atoms with E-state index in [0.717, 1.165) is 10.1 Å². The van der Waals surface area contributed by atoms with E-state index in [1.165, 1.54) is 46.7 Å². The standard InChI is InChI=1S/C20H20N4O3S2/c1-20(2,3)15-9-7-13(8-10-15)12-28-19-23-22-18(29-19)21-17(25)14-5-4-6-16(11-14)24(26)27/h4-11H,12H2,1-3H3,(H,21,22,25). The average Bonchev–Trinajstić information content (AvgIpc) is 3.13. The number of nitro benzene ring substituents is 1. The largest absolute Gasteiger partial charge is 0.296 e. The van der Waals surface area contributed by atoms with Gasteiger partial charge in [0.1, 0.15) is 0 Å². The molecule has 0 radical (unpaired) electrons. The van der Waals surface area contributed by atoms with Crippen LogP contribution in [0.4, 0.5) is 10.8 Å². The minimum Gasteiger partial charge on any atom is -0.296 e. The van der Waals surface area contributed by atoms with Gasteiger partial charge in [-0.25, -0.2) is 0 Å². The van der Waals surface area contributed by atoms with Gasteiger partial charge in [0.25, 0.3) is 11.6 Å². The van der Waals surface area contributed by atoms with Crippen LogP contribution >= 0.6 is 23.1 Å². The Bertz CT molecular complexity index is 1030. The van der Waals surface area contributed by atoms with Gasteiger partial charge in [0, 0.05) is 23.4 Å². The van der Waals surface area contributed by atoms with Crippen LogP contribution < -0.4 is 5.32 Å². The number of benzene rings is 2. The Morgan fingerprint density at radius 2 is 1.90 bits per heavy atom. The summed E-state index contributed by atoms with van der Waals surface area (Å²) in [5, 5.41) is 21.9. The van der Waals surface area contributed by atoms with Gasteiger partial charge >= 0.3 is 0 Å². The lowest BCUT2D eigenvalue weighted by Gasteiger charge is -2.19. The molecule has 0 aliphatic heterocycles. The summed E-state index contributed by atoms with van der Waals surface area (Å²) in [5.41, 5.74) is 2.65. The molecule has 0 spiro atoms. The molecule has 0 bridgehead atoms. The van der Waals surface area contributed by atoms with E-state index in [1.807, 2.05) is 0 Å². The van der Waals surface area contributed by atoms with Gasteiger partial charge in [-0.3, -0.25) is 20.2 Å². The minimum absolute atomic E-state index is 0.122. The zero-order valence-electron chi connectivity index (χ0n) is 16.2. The van der Waals surface area contributed by atoms with E-state index in [4.69, 9.17) is 0 Å². The Balaban J connectivity index is 1.59. The Morgan fingerprint density at radius 3 is 2.55 bits per heavy atom. The van der Waals surface area contributed by atoms with Gasteiger partial charge in [-0.1, -0.05) is 74.2 Å². The van der Waals surface area contributed by atoms with Crippen molar-refractivity contribution in [3.63, 3.8) is 0 Å². The predicted molar refractivity (Wildman–Crippen MR) is 116 cm³/mol. The smallest absolute Gasteiger partial charge is 0.270 e. The normalized spacial score (nSPS) is 11.3. The SMILES string of the molecule is CC(C)(C)c1ccc(CSc2nnc(NC(=O)c3cccc([N+](=O)[O-])c3)s2)cc1. The molecule has 0 fully saturated rings. The van der Waals surface area contributed by atoms with E-state index in [9.17, 15) is 14.9 Å². The molecule has 3 rings (SSSR count). The van der Waals surface area contributed by atoms with Gasteiger partial charge in [-0.05, 0) is 22.6 Å². The number of nitrogens with zero attached hydrogens (tertiary/aromatic N) is 3. The van der Waals surface area contributed by atoms with E-state index in [0.29, 0.717) is 5.13 Å². The summed E-state index contributed by atoms with van der Waals surface area (Å²) in [7, 11) is 0. The first-order valence-corrected chi connectivity index (χ1v) is 10.6. The number of hydrogen-bond acceptors (Lipinski definition) is 7. The van der Waals surface area contributed by atoms with E-state index in [2.05, 4.69) is 60.6 Å². The summed E-state index contributed by atoms with van der Waals surface area (Å²) in [6.45, 7) is 6.55. The number of rotatable bonds is 6. The van der Waals surface area contributed by atoms with Crippen molar-refractivity contribution in [1.29, 1.82) is 0 Å². The molecule has 3 aromatic rings. The molecule has 9 heteroatoms. The molecule has 1 aromatic heterocycles. The molecular formula is C20H20N4O3S2. The van der Waals surface area contributed by atoms with Crippen molar-refractivity contribution in [2.45, 2.75) is 36.3 Å². The van der Waals surface area contributed by atoms with Crippen LogP contribution in [0.15, 0.2) is 52.9 Å². The Kier molecular flexibility index (Phi) is 6.29. The molecule has 1 heterocycles. The summed E-state index contributed by atoms with van der Waals surface area (Å²) in [5.74, 6) is 0.289. The molecule has 0 aliphatic rings. The zero-order valence-corrected chi connectivity index (χ0v) is 17.8. The van der Waals surface area contributed by atoms with Gasteiger partial charge in [0.05, 0.1) is 4.92 Å². The molecule has 7 nitrogen and oxygen atoms in total. The lowest BCUT2D eigenvalue weighted by atomic mass is 9.87. The summed E-state index contributed by atoms with van der Waals surface area (Å²) in [6, 6.07) is 14.1. The quantitative estimate of drug-likeness (QED) is 0.248. The topological polar surface area (TPSA) is 98.0 Å². The van der Waals surface area contributed by atoms with Crippen LogP contribution in [0.5, 0.6) is 0 Å². The second kappa shape index (κ2) is 8.71. The van der Waals surface area contributed by atoms with Crippen molar-refractivity contribution in [2.24, 2.45) is 0 Å². The molecule has 2 aromatic carbocycles. The molecule has 1 N–H and O–H groups in total. The fourth-order valence-electron chi connectivity index (χ4n) is 2.49. The fraction of sp³-hybridized carbons (Fsp3) is 0.250. The van der Waals surface area contributed by atoms with Gasteiger partial charge < -0.3 is 0 Å². The van der Waals surface area contributed by atoms with Crippen molar-refractivity contribution >= 4 is 39.8 Å². The summed E-state index contributed by atoms with van der Waals surface area (Å²) in [6.07, 6.45) is 0. The molecule has 0 atom stereocenters. The first-order valence-electron chi connectivity index (χ1n) is 8.84. The van der Waals surface area contributed by atoms with Crippen molar-refractivity contribution in [3.05, 3.63) is 75.3 Å². The van der Waals surface area contributed by atoms with Gasteiger partial charge in [0.2, 0.25) is 5.13 Å². The third kappa shape index (κ3) is 5.61. The first kappa shape index (κ1) is 20.9. The molecule has 29 heavy (non-hydrogen) atoms. The maximum absolute atomic E-state index is 12.3. The zero-order chi connectivity index (χ0) is 21.0. The number of carbonyl (C=O) groups is 1. The monoisotopic (exact) mass is 428 g/mol. The minimum atomic E-state index is -0.537. The van der Waals surface area contributed by atoms with Crippen LogP contribution in [0.25, 0.3) is 0 Å². The third-order valence-corrected chi connectivity index (χ3v) is 6.17. The fourth-order valence-corrected chi connectivity index (χ4v) is 4.20. The van der Waals surface area contributed by atoms with Crippen LogP contribution in [0.3, 0.4) is 0 Å². The maximum atomic E-state index is 12.3. The number of non-ortho nitro benzene ring substituents is 1. The second-order valence-corrected chi connectivity index (χ2v) is 9.57. The number of amides is 1. The number of aromatic nitrogens is 2. The number of hydrogen-bond donors (Lipinski definition) is 1. The lowest BCUT2D eigenvalue weighted by Crippen LogP contribution is -2.11. The average molecular weight is 429 g/mol. The van der Waals surface area contributed by atoms with E-state index in [-0.39, 0.29) is 16.7 Å². The molecule has 150 valence electrons. The Morgan fingerprint density at radius 1 is 1.17 bits per heavy atom. The number of thioether (sulfide) groups is 1. The van der Waals surface area contributed by atoms with E-state index < -0.39 is 10.8 Å². The number of anilines is 1. The molecule has 0 aliphatic carbocycles. The van der Waals surface area contributed by atoms with Crippen molar-refractivity contribution in [1.82, 2.24) is 10.2 Å². The number of carbonyl (C=O) groups excluding carboxylic acids is 1. The predicted octanol–water partition coefficient (Wildman–Crippen LogP) is 5.29. The summed E-state index contributed by atoms with van der Waals surface area (Å²) >= 11 is 2.81. The molecule has 0 unspecified atom stereocenters. The number of nitrogens with one attached hydrogen (secondary N) is 1. The first-order chi connectivity index (χ1) is 13.7. The van der Waals surface area contributed by atoms with Crippen LogP contribution in [0.2, 0.25) is 0 Å². The molecule has 1 amide bonds. The Hall–Kier alpha value is -2.78. The van der Waals surface area contributed by atoms with Gasteiger partial charge in [-0.15, -0.1) is 10.2 Å². The maximum Gasteiger partial charge on any atom is 0.270 e. The highest BCUT2D eigenvalue weighted by atomic mass is 32.2. The second-order valence-electron chi connectivity index (χ2n) is 7.37. The highest BCUT2D eigenvalue weighted by Gasteiger charge is 2.15. The highest BCUT2D eigenvalue weighted by Crippen LogP contribution is 2.29. The van der Waals surface area contributed by atoms with Crippen LogP contribution in [0, 0.1) is 10.1 Å². The Labute approximate surface area is 176 Å². The summed E-state index contributed by atoms with van der Waals surface area (Å²) in [4.78, 5) is 22.6.